The normalized spacial score (nSPS) is 18.0. The van der Waals surface area contributed by atoms with Gasteiger partial charge in [0.05, 0.1) is 0 Å². The first kappa shape index (κ1) is 22.8. The predicted octanol–water partition coefficient (Wildman–Crippen LogP) is 9.11. The fourth-order valence-electron chi connectivity index (χ4n) is 5.69. The van der Waals surface area contributed by atoms with Crippen LogP contribution in [0, 0.1) is 11.3 Å². The van der Waals surface area contributed by atoms with Crippen LogP contribution in [0.4, 0.5) is 0 Å². The zero-order valence-electron chi connectivity index (χ0n) is 21.1. The molecule has 0 saturated heterocycles. The second-order valence-corrected chi connectivity index (χ2v) is 12.2. The fraction of sp³-hybridized carbons (Fsp3) is 0.438. The van der Waals surface area contributed by atoms with Crippen LogP contribution in [0.1, 0.15) is 89.5 Å². The second kappa shape index (κ2) is 7.91. The fourth-order valence-corrected chi connectivity index (χ4v) is 5.69. The van der Waals surface area contributed by atoms with Crippen molar-refractivity contribution in [3.05, 3.63) is 95.6 Å². The van der Waals surface area contributed by atoms with E-state index in [2.05, 4.69) is 122 Å². The summed E-state index contributed by atoms with van der Waals surface area (Å²) in [5, 5.41) is 0. The maximum atomic E-state index is 4.06. The second-order valence-electron chi connectivity index (χ2n) is 12.2. The monoisotopic (exact) mass is 424 g/mol. The van der Waals surface area contributed by atoms with Crippen molar-refractivity contribution in [3.63, 3.8) is 0 Å². The summed E-state index contributed by atoms with van der Waals surface area (Å²) in [6, 6.07) is 14.5. The van der Waals surface area contributed by atoms with E-state index in [9.17, 15) is 0 Å². The maximum absolute atomic E-state index is 4.06. The highest BCUT2D eigenvalue weighted by atomic mass is 14.5. The van der Waals surface area contributed by atoms with Crippen LogP contribution in [0.15, 0.2) is 73.4 Å². The third-order valence-electron chi connectivity index (χ3n) is 7.80. The topological polar surface area (TPSA) is 0 Å². The Balaban J connectivity index is 1.98. The lowest BCUT2D eigenvalue weighted by Gasteiger charge is -2.41. The number of hydrogen-bond acceptors (Lipinski definition) is 0. The van der Waals surface area contributed by atoms with Gasteiger partial charge in [-0.1, -0.05) is 115 Å². The van der Waals surface area contributed by atoms with E-state index in [1.54, 1.807) is 0 Å². The molecule has 0 radical (unpaired) electrons. The van der Waals surface area contributed by atoms with Gasteiger partial charge in [-0.05, 0) is 62.5 Å². The van der Waals surface area contributed by atoms with E-state index in [-0.39, 0.29) is 16.2 Å². The van der Waals surface area contributed by atoms with Gasteiger partial charge < -0.3 is 0 Å². The van der Waals surface area contributed by atoms with Gasteiger partial charge >= 0.3 is 0 Å². The minimum Gasteiger partial charge on any atom is -0.103 e. The standard InChI is InChI=1S/C32H40/c1-9-10-19-32(8,22-13-11-12-14-22)29-27-20-23(30(2,3)4)15-17-25(27)26-18-16-24(21-28(26)29)31(5,6)7/h9,11-18,20-22,29H,1,10,19H2,2-8H3/t32-/m0/s1. The van der Waals surface area contributed by atoms with Crippen molar-refractivity contribution in [1.82, 2.24) is 0 Å². The summed E-state index contributed by atoms with van der Waals surface area (Å²) in [7, 11) is 0. The SMILES string of the molecule is C=CCC[C@@](C)(C1C=CC=C1)C1c2cc(C(C)(C)C)ccc2-c2ccc(C(C)(C)C)cc21. The van der Waals surface area contributed by atoms with Gasteiger partial charge in [0.2, 0.25) is 0 Å². The van der Waals surface area contributed by atoms with E-state index in [4.69, 9.17) is 0 Å². The highest BCUT2D eigenvalue weighted by molar-refractivity contribution is 5.80. The Labute approximate surface area is 196 Å². The summed E-state index contributed by atoms with van der Waals surface area (Å²) in [5.74, 6) is 0.803. The number of hydrogen-bond donors (Lipinski definition) is 0. The summed E-state index contributed by atoms with van der Waals surface area (Å²) in [4.78, 5) is 0. The van der Waals surface area contributed by atoms with Crippen LogP contribution >= 0.6 is 0 Å². The molecule has 0 aromatic heterocycles. The van der Waals surface area contributed by atoms with E-state index in [1.807, 2.05) is 0 Å². The molecule has 2 aliphatic rings. The van der Waals surface area contributed by atoms with Crippen LogP contribution < -0.4 is 0 Å². The third kappa shape index (κ3) is 3.83. The third-order valence-corrected chi connectivity index (χ3v) is 7.80. The molecule has 0 heteroatoms. The Hall–Kier alpha value is -2.34. The first-order valence-electron chi connectivity index (χ1n) is 12.2. The van der Waals surface area contributed by atoms with E-state index < -0.39 is 0 Å². The maximum Gasteiger partial charge on any atom is 0.0164 e. The van der Waals surface area contributed by atoms with Crippen molar-refractivity contribution < 1.29 is 0 Å². The van der Waals surface area contributed by atoms with E-state index in [1.165, 1.54) is 33.4 Å². The molecule has 0 fully saturated rings. The average Bonchev–Trinajstić information content (AvgIpc) is 3.36. The first-order chi connectivity index (χ1) is 15.0. The molecule has 168 valence electrons. The molecule has 0 saturated carbocycles. The van der Waals surface area contributed by atoms with Crippen molar-refractivity contribution in [2.45, 2.75) is 78.1 Å². The van der Waals surface area contributed by atoms with Gasteiger partial charge in [0.1, 0.15) is 0 Å². The van der Waals surface area contributed by atoms with Crippen LogP contribution in [-0.4, -0.2) is 0 Å². The molecule has 0 aliphatic heterocycles. The lowest BCUT2D eigenvalue weighted by atomic mass is 9.62. The largest absolute Gasteiger partial charge is 0.103 e. The summed E-state index contributed by atoms with van der Waals surface area (Å²) in [6.45, 7) is 20.5. The van der Waals surface area contributed by atoms with Gasteiger partial charge in [0, 0.05) is 11.8 Å². The number of allylic oxidation sites excluding steroid dienone is 5. The minimum atomic E-state index is 0.0880. The van der Waals surface area contributed by atoms with Gasteiger partial charge in [-0.15, -0.1) is 6.58 Å². The lowest BCUT2D eigenvalue weighted by molar-refractivity contribution is 0.214. The van der Waals surface area contributed by atoms with Crippen molar-refractivity contribution in [1.29, 1.82) is 0 Å². The molecule has 0 bridgehead atoms. The average molecular weight is 425 g/mol. The summed E-state index contributed by atoms with van der Waals surface area (Å²) >= 11 is 0. The molecule has 2 aromatic carbocycles. The molecular weight excluding hydrogens is 384 g/mol. The van der Waals surface area contributed by atoms with Gasteiger partial charge in [-0.2, -0.15) is 0 Å². The summed E-state index contributed by atoms with van der Waals surface area (Å²) < 4.78 is 0. The van der Waals surface area contributed by atoms with Crippen LogP contribution in [-0.2, 0) is 10.8 Å². The Morgan fingerprint density at radius 2 is 1.22 bits per heavy atom. The first-order valence-corrected chi connectivity index (χ1v) is 12.2. The zero-order valence-corrected chi connectivity index (χ0v) is 21.1. The summed E-state index contributed by atoms with van der Waals surface area (Å²) in [6.07, 6.45) is 13.5. The molecule has 0 heterocycles. The molecule has 2 aliphatic carbocycles. The minimum absolute atomic E-state index is 0.0880. The molecule has 32 heavy (non-hydrogen) atoms. The van der Waals surface area contributed by atoms with E-state index in [0.717, 1.165) is 12.8 Å². The molecule has 4 rings (SSSR count). The number of fused-ring (bicyclic) bond motifs is 3. The van der Waals surface area contributed by atoms with Crippen LogP contribution in [0.25, 0.3) is 11.1 Å². The molecule has 0 spiro atoms. The molecule has 0 amide bonds. The molecule has 2 aromatic rings. The van der Waals surface area contributed by atoms with Gasteiger partial charge in [-0.3, -0.25) is 0 Å². The van der Waals surface area contributed by atoms with Crippen molar-refractivity contribution >= 4 is 0 Å². The van der Waals surface area contributed by atoms with Crippen LogP contribution in [0.5, 0.6) is 0 Å². The number of rotatable bonds is 5. The van der Waals surface area contributed by atoms with E-state index in [0.29, 0.717) is 11.8 Å². The molecular formula is C32H40. The highest BCUT2D eigenvalue weighted by Crippen LogP contribution is 2.59. The van der Waals surface area contributed by atoms with Crippen LogP contribution in [0.3, 0.4) is 0 Å². The van der Waals surface area contributed by atoms with Crippen molar-refractivity contribution in [2.24, 2.45) is 11.3 Å². The number of benzene rings is 2. The zero-order chi connectivity index (χ0) is 23.3. The quantitative estimate of drug-likeness (QED) is 0.420. The smallest absolute Gasteiger partial charge is 0.0164 e. The Morgan fingerprint density at radius 1 is 0.750 bits per heavy atom. The Morgan fingerprint density at radius 3 is 1.62 bits per heavy atom. The molecule has 0 N–H and O–H groups in total. The molecule has 1 atom stereocenters. The summed E-state index contributed by atoms with van der Waals surface area (Å²) in [5.41, 5.74) is 9.08. The Bertz CT molecular complexity index is 1000. The highest BCUT2D eigenvalue weighted by Gasteiger charge is 2.46. The Kier molecular flexibility index (Phi) is 5.64. The lowest BCUT2D eigenvalue weighted by Crippen LogP contribution is -2.32. The molecule has 0 unspecified atom stereocenters. The van der Waals surface area contributed by atoms with Gasteiger partial charge in [-0.25, -0.2) is 0 Å². The predicted molar refractivity (Wildman–Crippen MR) is 140 cm³/mol. The van der Waals surface area contributed by atoms with Crippen LogP contribution in [0.2, 0.25) is 0 Å². The van der Waals surface area contributed by atoms with Gasteiger partial charge in [0.25, 0.3) is 0 Å². The van der Waals surface area contributed by atoms with Crippen molar-refractivity contribution in [2.75, 3.05) is 0 Å². The van der Waals surface area contributed by atoms with Crippen molar-refractivity contribution in [3.8, 4) is 11.1 Å². The van der Waals surface area contributed by atoms with Gasteiger partial charge in [0.15, 0.2) is 0 Å². The van der Waals surface area contributed by atoms with E-state index >= 15 is 0 Å². The molecule has 0 nitrogen and oxygen atoms in total.